The molecule has 3 rings (SSSR count). The Morgan fingerprint density at radius 3 is 2.92 bits per heavy atom. The van der Waals surface area contributed by atoms with Gasteiger partial charge in [-0.05, 0) is 24.8 Å². The van der Waals surface area contributed by atoms with Gasteiger partial charge >= 0.3 is 0 Å². The molecule has 1 aliphatic heterocycles. The van der Waals surface area contributed by atoms with E-state index in [2.05, 4.69) is 37.0 Å². The summed E-state index contributed by atoms with van der Waals surface area (Å²) in [7, 11) is 0. The minimum absolute atomic E-state index is 0.0162. The molecule has 0 bridgehead atoms. The summed E-state index contributed by atoms with van der Waals surface area (Å²) in [5, 5.41) is 20.8. The van der Waals surface area contributed by atoms with E-state index in [4.69, 9.17) is 4.74 Å². The van der Waals surface area contributed by atoms with Gasteiger partial charge in [-0.15, -0.1) is 11.8 Å². The molecule has 3 heteroatoms. The topological polar surface area (TPSA) is 49.7 Å². The standard InChI is InChI=1S/C22H28O3/c1-4-6-8-14(3)18(23)12-11-16-19(24)13-20-21(16)17-10-7-9-15(5-2)22(17)25-20/h7,9-12,14,16,18-21,23-24H,5,8,13H2,1-3H3/t14-,16+,18-,19-,20+,21?/m0/s1. The summed E-state index contributed by atoms with van der Waals surface area (Å²) in [6.07, 6.45) is 5.15. The average Bonchev–Trinajstić information content (AvgIpc) is 3.12. The molecule has 2 aliphatic rings. The van der Waals surface area contributed by atoms with E-state index in [1.165, 1.54) is 11.1 Å². The number of hydrogen-bond donors (Lipinski definition) is 2. The molecule has 0 aromatic heterocycles. The summed E-state index contributed by atoms with van der Waals surface area (Å²) in [6, 6.07) is 6.31. The van der Waals surface area contributed by atoms with Crippen LogP contribution in [-0.2, 0) is 6.42 Å². The van der Waals surface area contributed by atoms with Crippen LogP contribution in [0.1, 0.15) is 50.7 Å². The van der Waals surface area contributed by atoms with Crippen LogP contribution in [0.25, 0.3) is 0 Å². The number of rotatable bonds is 5. The summed E-state index contributed by atoms with van der Waals surface area (Å²) >= 11 is 0. The maximum Gasteiger partial charge on any atom is 0.126 e. The summed E-state index contributed by atoms with van der Waals surface area (Å²) in [4.78, 5) is 0. The lowest BCUT2D eigenvalue weighted by Crippen LogP contribution is -2.19. The van der Waals surface area contributed by atoms with Crippen molar-refractivity contribution in [1.82, 2.24) is 0 Å². The quantitative estimate of drug-likeness (QED) is 0.638. The molecule has 1 fully saturated rings. The normalized spacial score (nSPS) is 29.5. The van der Waals surface area contributed by atoms with Gasteiger partial charge in [0.2, 0.25) is 0 Å². The SMILES string of the molecule is CC#CC[C@H](C)[C@@H](O)C=C[C@H]1C2c3cccc(CC)c3O[C@@H]2C[C@@H]1O. The van der Waals surface area contributed by atoms with Crippen LogP contribution in [0.15, 0.2) is 30.4 Å². The van der Waals surface area contributed by atoms with Crippen LogP contribution in [0.3, 0.4) is 0 Å². The molecule has 1 aromatic rings. The second-order valence-corrected chi connectivity index (χ2v) is 7.24. The third-order valence-corrected chi connectivity index (χ3v) is 5.58. The number of hydrogen-bond acceptors (Lipinski definition) is 3. The fourth-order valence-corrected chi connectivity index (χ4v) is 4.06. The van der Waals surface area contributed by atoms with Crippen molar-refractivity contribution < 1.29 is 14.9 Å². The third-order valence-electron chi connectivity index (χ3n) is 5.58. The summed E-state index contributed by atoms with van der Waals surface area (Å²) in [6.45, 7) is 5.94. The monoisotopic (exact) mass is 340 g/mol. The first-order valence-electron chi connectivity index (χ1n) is 9.29. The minimum Gasteiger partial charge on any atom is -0.489 e. The van der Waals surface area contributed by atoms with Crippen LogP contribution < -0.4 is 4.74 Å². The van der Waals surface area contributed by atoms with E-state index in [0.29, 0.717) is 12.8 Å². The molecule has 1 aromatic carbocycles. The first kappa shape index (κ1) is 18.0. The lowest BCUT2D eigenvalue weighted by molar-refractivity contribution is 0.134. The van der Waals surface area contributed by atoms with Crippen LogP contribution in [0.2, 0.25) is 0 Å². The molecule has 3 nitrogen and oxygen atoms in total. The van der Waals surface area contributed by atoms with Crippen LogP contribution in [0.5, 0.6) is 5.75 Å². The van der Waals surface area contributed by atoms with E-state index in [1.54, 1.807) is 0 Å². The van der Waals surface area contributed by atoms with Gasteiger partial charge < -0.3 is 14.9 Å². The molecule has 0 amide bonds. The van der Waals surface area contributed by atoms with Gasteiger partial charge in [-0.1, -0.05) is 44.2 Å². The second-order valence-electron chi connectivity index (χ2n) is 7.24. The molecule has 1 aliphatic carbocycles. The van der Waals surface area contributed by atoms with E-state index in [1.807, 2.05) is 26.0 Å². The van der Waals surface area contributed by atoms with Crippen molar-refractivity contribution in [2.45, 2.75) is 64.3 Å². The summed E-state index contributed by atoms with van der Waals surface area (Å²) in [5.41, 5.74) is 2.44. The van der Waals surface area contributed by atoms with Crippen molar-refractivity contribution in [3.05, 3.63) is 41.5 Å². The lowest BCUT2D eigenvalue weighted by atomic mass is 9.86. The smallest absolute Gasteiger partial charge is 0.126 e. The van der Waals surface area contributed by atoms with Crippen molar-refractivity contribution >= 4 is 0 Å². The Morgan fingerprint density at radius 1 is 1.40 bits per heavy atom. The Bertz CT molecular complexity index is 697. The van der Waals surface area contributed by atoms with Crippen molar-refractivity contribution in [3.8, 4) is 17.6 Å². The van der Waals surface area contributed by atoms with Gasteiger partial charge in [0.1, 0.15) is 11.9 Å². The highest BCUT2D eigenvalue weighted by Gasteiger charge is 2.48. The summed E-state index contributed by atoms with van der Waals surface area (Å²) in [5.74, 6) is 7.13. The number of para-hydroxylation sites is 1. The van der Waals surface area contributed by atoms with Gasteiger partial charge in [-0.25, -0.2) is 0 Å². The first-order valence-corrected chi connectivity index (χ1v) is 9.29. The van der Waals surface area contributed by atoms with E-state index < -0.39 is 12.2 Å². The van der Waals surface area contributed by atoms with Gasteiger partial charge in [-0.3, -0.25) is 0 Å². The molecule has 2 N–H and O–H groups in total. The molecule has 6 atom stereocenters. The largest absolute Gasteiger partial charge is 0.489 e. The highest BCUT2D eigenvalue weighted by molar-refractivity contribution is 5.49. The number of aliphatic hydroxyl groups is 2. The number of aryl methyl sites for hydroxylation is 1. The molecule has 25 heavy (non-hydrogen) atoms. The predicted octanol–water partition coefficient (Wildman–Crippen LogP) is 3.44. The summed E-state index contributed by atoms with van der Waals surface area (Å²) < 4.78 is 6.19. The predicted molar refractivity (Wildman–Crippen MR) is 99.5 cm³/mol. The van der Waals surface area contributed by atoms with Gasteiger partial charge in [0.05, 0.1) is 12.2 Å². The molecule has 0 spiro atoms. The molecule has 134 valence electrons. The maximum absolute atomic E-state index is 10.5. The molecular weight excluding hydrogens is 312 g/mol. The Labute approximate surface area is 150 Å². The van der Waals surface area contributed by atoms with Crippen molar-refractivity contribution in [2.24, 2.45) is 11.8 Å². The zero-order chi connectivity index (χ0) is 18.0. The maximum atomic E-state index is 10.5. The highest BCUT2D eigenvalue weighted by Crippen LogP contribution is 2.51. The lowest BCUT2D eigenvalue weighted by Gasteiger charge is -2.19. The minimum atomic E-state index is -0.545. The Hall–Kier alpha value is -1.76. The van der Waals surface area contributed by atoms with Crippen molar-refractivity contribution in [2.75, 3.05) is 0 Å². The van der Waals surface area contributed by atoms with E-state index in [9.17, 15) is 10.2 Å². The third kappa shape index (κ3) is 3.47. The van der Waals surface area contributed by atoms with Crippen LogP contribution in [0.4, 0.5) is 0 Å². The van der Waals surface area contributed by atoms with Crippen LogP contribution in [-0.4, -0.2) is 28.5 Å². The van der Waals surface area contributed by atoms with Crippen LogP contribution >= 0.6 is 0 Å². The zero-order valence-corrected chi connectivity index (χ0v) is 15.3. The first-order chi connectivity index (χ1) is 12.1. The fourth-order valence-electron chi connectivity index (χ4n) is 4.06. The number of ether oxygens (including phenoxy) is 1. The second kappa shape index (κ2) is 7.64. The zero-order valence-electron chi connectivity index (χ0n) is 15.3. The van der Waals surface area contributed by atoms with Gasteiger partial charge in [0.25, 0.3) is 0 Å². The Morgan fingerprint density at radius 2 is 2.20 bits per heavy atom. The van der Waals surface area contributed by atoms with Gasteiger partial charge in [0.15, 0.2) is 0 Å². The molecular formula is C22H28O3. The van der Waals surface area contributed by atoms with E-state index >= 15 is 0 Å². The molecule has 0 radical (unpaired) electrons. The Balaban J connectivity index is 1.79. The van der Waals surface area contributed by atoms with E-state index in [0.717, 1.165) is 12.2 Å². The molecule has 1 saturated carbocycles. The van der Waals surface area contributed by atoms with Crippen molar-refractivity contribution in [1.29, 1.82) is 0 Å². The van der Waals surface area contributed by atoms with Gasteiger partial charge in [-0.2, -0.15) is 0 Å². The number of aliphatic hydroxyl groups excluding tert-OH is 2. The molecule has 1 unspecified atom stereocenters. The molecule has 1 heterocycles. The number of fused-ring (bicyclic) bond motifs is 3. The highest BCUT2D eigenvalue weighted by atomic mass is 16.5. The fraction of sp³-hybridized carbons (Fsp3) is 0.545. The Kier molecular flexibility index (Phi) is 5.51. The average molecular weight is 340 g/mol. The number of benzene rings is 1. The van der Waals surface area contributed by atoms with E-state index in [-0.39, 0.29) is 23.9 Å². The van der Waals surface area contributed by atoms with Crippen molar-refractivity contribution in [3.63, 3.8) is 0 Å². The molecule has 0 saturated heterocycles. The van der Waals surface area contributed by atoms with Gasteiger partial charge in [0, 0.05) is 30.2 Å². The van der Waals surface area contributed by atoms with Crippen LogP contribution in [0, 0.1) is 23.7 Å².